The summed E-state index contributed by atoms with van der Waals surface area (Å²) in [5.74, 6) is 3.41. The number of nitrogens with one attached hydrogen (secondary N) is 1. The summed E-state index contributed by atoms with van der Waals surface area (Å²) in [5.41, 5.74) is 0.982. The minimum Gasteiger partial charge on any atom is -0.312 e. The molecule has 0 unspecified atom stereocenters. The summed E-state index contributed by atoms with van der Waals surface area (Å²) >= 11 is 2.04. The zero-order chi connectivity index (χ0) is 13.5. The molecule has 2 rings (SSSR count). The van der Waals surface area contributed by atoms with Crippen molar-refractivity contribution < 1.29 is 4.92 Å². The lowest BCUT2D eigenvalue weighted by Gasteiger charge is -2.21. The maximum absolute atomic E-state index is 10.9. The molecule has 1 aliphatic heterocycles. The lowest BCUT2D eigenvalue weighted by molar-refractivity contribution is -0.385. The summed E-state index contributed by atoms with van der Waals surface area (Å²) < 4.78 is 0. The molecule has 1 heterocycles. The number of rotatable bonds is 6. The first-order valence-electron chi connectivity index (χ1n) is 6.78. The van der Waals surface area contributed by atoms with Gasteiger partial charge in [0.15, 0.2) is 0 Å². The average Bonchev–Trinajstić information content (AvgIpc) is 2.45. The molecule has 0 radical (unpaired) electrons. The van der Waals surface area contributed by atoms with Crippen LogP contribution in [0.1, 0.15) is 24.8 Å². The number of thioether (sulfide) groups is 1. The number of para-hydroxylation sites is 1. The van der Waals surface area contributed by atoms with Gasteiger partial charge < -0.3 is 5.32 Å². The van der Waals surface area contributed by atoms with E-state index in [9.17, 15) is 10.1 Å². The van der Waals surface area contributed by atoms with E-state index in [1.54, 1.807) is 12.1 Å². The van der Waals surface area contributed by atoms with Gasteiger partial charge in [0.1, 0.15) is 0 Å². The Bertz CT molecular complexity index is 420. The van der Waals surface area contributed by atoms with Crippen LogP contribution in [0.4, 0.5) is 5.69 Å². The van der Waals surface area contributed by atoms with Crippen molar-refractivity contribution in [3.05, 3.63) is 39.9 Å². The maximum Gasteiger partial charge on any atom is 0.273 e. The van der Waals surface area contributed by atoms with E-state index in [0.29, 0.717) is 6.54 Å². The minimum atomic E-state index is -0.310. The molecule has 0 saturated carbocycles. The first kappa shape index (κ1) is 14.3. The van der Waals surface area contributed by atoms with Gasteiger partial charge >= 0.3 is 0 Å². The molecule has 4 nitrogen and oxygen atoms in total. The van der Waals surface area contributed by atoms with E-state index in [-0.39, 0.29) is 10.6 Å². The molecule has 104 valence electrons. The summed E-state index contributed by atoms with van der Waals surface area (Å²) in [7, 11) is 0. The molecule has 1 aromatic rings. The summed E-state index contributed by atoms with van der Waals surface area (Å²) in [4.78, 5) is 10.6. The summed E-state index contributed by atoms with van der Waals surface area (Å²) in [6.45, 7) is 1.53. The van der Waals surface area contributed by atoms with Crippen LogP contribution in [0, 0.1) is 16.0 Å². The van der Waals surface area contributed by atoms with Gasteiger partial charge in [-0.05, 0) is 43.2 Å². The number of nitro groups is 1. The third-order valence-corrected chi connectivity index (χ3v) is 4.62. The van der Waals surface area contributed by atoms with Crippen LogP contribution in [0.15, 0.2) is 24.3 Å². The predicted octanol–water partition coefficient (Wildman–Crippen LogP) is 3.22. The highest BCUT2D eigenvalue weighted by atomic mass is 32.2. The quantitative estimate of drug-likeness (QED) is 0.494. The van der Waals surface area contributed by atoms with Crippen molar-refractivity contribution in [1.29, 1.82) is 0 Å². The molecule has 0 amide bonds. The van der Waals surface area contributed by atoms with Gasteiger partial charge in [-0.15, -0.1) is 0 Å². The van der Waals surface area contributed by atoms with Crippen molar-refractivity contribution in [3.8, 4) is 0 Å². The molecule has 0 aromatic heterocycles. The number of hydrogen-bond acceptors (Lipinski definition) is 4. The topological polar surface area (TPSA) is 55.2 Å². The molecule has 5 heteroatoms. The second-order valence-corrected chi connectivity index (χ2v) is 6.13. The predicted molar refractivity (Wildman–Crippen MR) is 79.5 cm³/mol. The Morgan fingerprint density at radius 2 is 2.05 bits per heavy atom. The van der Waals surface area contributed by atoms with E-state index < -0.39 is 0 Å². The first-order valence-corrected chi connectivity index (χ1v) is 7.93. The molecule has 1 aromatic carbocycles. The largest absolute Gasteiger partial charge is 0.312 e. The van der Waals surface area contributed by atoms with Crippen LogP contribution >= 0.6 is 11.8 Å². The summed E-state index contributed by atoms with van der Waals surface area (Å²) in [5, 5.41) is 14.2. The highest BCUT2D eigenvalue weighted by Crippen LogP contribution is 2.24. The van der Waals surface area contributed by atoms with Crippen LogP contribution in [0.2, 0.25) is 0 Å². The fraction of sp³-hybridized carbons (Fsp3) is 0.571. The lowest BCUT2D eigenvalue weighted by atomic mass is 9.99. The maximum atomic E-state index is 10.9. The normalized spacial score (nSPS) is 16.4. The van der Waals surface area contributed by atoms with Gasteiger partial charge in [-0.1, -0.05) is 18.2 Å². The van der Waals surface area contributed by atoms with Gasteiger partial charge in [-0.2, -0.15) is 11.8 Å². The number of nitro benzene ring substituents is 1. The third kappa shape index (κ3) is 4.51. The van der Waals surface area contributed by atoms with Crippen molar-refractivity contribution in [2.75, 3.05) is 18.1 Å². The van der Waals surface area contributed by atoms with Crippen molar-refractivity contribution in [3.63, 3.8) is 0 Å². The van der Waals surface area contributed by atoms with E-state index >= 15 is 0 Å². The average molecular weight is 280 g/mol. The third-order valence-electron chi connectivity index (χ3n) is 3.57. The number of benzene rings is 1. The molecule has 0 spiro atoms. The van der Waals surface area contributed by atoms with Gasteiger partial charge in [0, 0.05) is 18.2 Å². The minimum absolute atomic E-state index is 0.212. The van der Waals surface area contributed by atoms with Crippen LogP contribution in [0.5, 0.6) is 0 Å². The standard InChI is InChI=1S/C14H20N2O2S/c17-16(18)14-4-2-1-3-13(14)11-15-8-5-12-6-9-19-10-7-12/h1-4,12,15H,5-11H2. The molecule has 0 atom stereocenters. The monoisotopic (exact) mass is 280 g/mol. The Morgan fingerprint density at radius 3 is 2.79 bits per heavy atom. The second-order valence-electron chi connectivity index (χ2n) is 4.91. The Morgan fingerprint density at radius 1 is 1.32 bits per heavy atom. The van der Waals surface area contributed by atoms with Crippen molar-refractivity contribution in [2.24, 2.45) is 5.92 Å². The van der Waals surface area contributed by atoms with Gasteiger partial charge in [0.25, 0.3) is 5.69 Å². The van der Waals surface area contributed by atoms with Crippen LogP contribution in [0.3, 0.4) is 0 Å². The fourth-order valence-electron chi connectivity index (χ4n) is 2.40. The van der Waals surface area contributed by atoms with Gasteiger partial charge in [-0.25, -0.2) is 0 Å². The molecule has 0 bridgehead atoms. The highest BCUT2D eigenvalue weighted by Gasteiger charge is 2.14. The van der Waals surface area contributed by atoms with Crippen molar-refractivity contribution in [2.45, 2.75) is 25.8 Å². The Balaban J connectivity index is 1.74. The Kier molecular flexibility index (Phi) is 5.66. The molecule has 1 aliphatic rings. The number of hydrogen-bond donors (Lipinski definition) is 1. The summed E-state index contributed by atoms with van der Waals surface area (Å²) in [6, 6.07) is 6.95. The van der Waals surface area contributed by atoms with Crippen molar-refractivity contribution >= 4 is 17.4 Å². The van der Waals surface area contributed by atoms with Gasteiger partial charge in [0.2, 0.25) is 0 Å². The van der Waals surface area contributed by atoms with Crippen LogP contribution in [-0.2, 0) is 6.54 Å². The van der Waals surface area contributed by atoms with E-state index in [2.05, 4.69) is 5.32 Å². The van der Waals surface area contributed by atoms with Crippen molar-refractivity contribution in [1.82, 2.24) is 5.32 Å². The smallest absolute Gasteiger partial charge is 0.273 e. The van der Waals surface area contributed by atoms with E-state index in [0.717, 1.165) is 18.0 Å². The van der Waals surface area contributed by atoms with Gasteiger partial charge in [0.05, 0.1) is 4.92 Å². The molecular weight excluding hydrogens is 260 g/mol. The molecule has 1 saturated heterocycles. The molecule has 0 aliphatic carbocycles. The molecule has 1 fully saturated rings. The lowest BCUT2D eigenvalue weighted by Crippen LogP contribution is -2.20. The molecule has 19 heavy (non-hydrogen) atoms. The van der Waals surface area contributed by atoms with E-state index in [4.69, 9.17) is 0 Å². The van der Waals surface area contributed by atoms with Crippen LogP contribution in [0.25, 0.3) is 0 Å². The number of nitrogens with zero attached hydrogens (tertiary/aromatic N) is 1. The zero-order valence-corrected chi connectivity index (χ0v) is 11.8. The SMILES string of the molecule is O=[N+]([O-])c1ccccc1CNCCC1CCSCC1. The Hall–Kier alpha value is -1.07. The van der Waals surface area contributed by atoms with E-state index in [1.165, 1.54) is 30.8 Å². The summed E-state index contributed by atoms with van der Waals surface area (Å²) in [6.07, 6.45) is 3.82. The fourth-order valence-corrected chi connectivity index (χ4v) is 3.61. The molecule has 1 N–H and O–H groups in total. The Labute approximate surface area is 118 Å². The molecular formula is C14H20N2O2S. The zero-order valence-electron chi connectivity index (χ0n) is 11.0. The van der Waals surface area contributed by atoms with Gasteiger partial charge in [-0.3, -0.25) is 10.1 Å². The van der Waals surface area contributed by atoms with E-state index in [1.807, 2.05) is 23.9 Å². The second kappa shape index (κ2) is 7.50. The van der Waals surface area contributed by atoms with Crippen LogP contribution < -0.4 is 5.32 Å². The van der Waals surface area contributed by atoms with Crippen LogP contribution in [-0.4, -0.2) is 23.0 Å². The first-order chi connectivity index (χ1) is 9.27. The highest BCUT2D eigenvalue weighted by molar-refractivity contribution is 7.99.